The molecule has 4 rings (SSSR count). The molecule has 0 saturated heterocycles. The summed E-state index contributed by atoms with van der Waals surface area (Å²) in [6.45, 7) is 6.65. The van der Waals surface area contributed by atoms with E-state index in [1.165, 1.54) is 36.9 Å². The van der Waals surface area contributed by atoms with E-state index in [0.717, 1.165) is 30.8 Å². The molecule has 2 N–H and O–H groups in total. The Balaban J connectivity index is 1.54. The van der Waals surface area contributed by atoms with Gasteiger partial charge in [0, 0.05) is 18.8 Å². The Bertz CT molecular complexity index is 1120. The number of anilines is 3. The van der Waals surface area contributed by atoms with Crippen molar-refractivity contribution in [2.45, 2.75) is 46.0 Å². The summed E-state index contributed by atoms with van der Waals surface area (Å²) in [6.07, 6.45) is 5.58. The summed E-state index contributed by atoms with van der Waals surface area (Å²) >= 11 is 0. The summed E-state index contributed by atoms with van der Waals surface area (Å²) in [7, 11) is 0. The van der Waals surface area contributed by atoms with Crippen LogP contribution in [0.5, 0.6) is 11.5 Å². The topological polar surface area (TPSA) is 61.8 Å². The SMILES string of the molecule is CCCCN(CCCC)c1cccc(Cc2ccc3c(c2)Nc2c(cccc2C(=O)O)O3)c1. The van der Waals surface area contributed by atoms with E-state index in [1.807, 2.05) is 6.07 Å². The molecule has 1 heterocycles. The molecular weight excluding hydrogens is 412 g/mol. The van der Waals surface area contributed by atoms with Gasteiger partial charge in [-0.2, -0.15) is 0 Å². The first-order valence-corrected chi connectivity index (χ1v) is 11.9. The van der Waals surface area contributed by atoms with E-state index in [-0.39, 0.29) is 5.56 Å². The van der Waals surface area contributed by atoms with Crippen LogP contribution in [-0.4, -0.2) is 24.2 Å². The van der Waals surface area contributed by atoms with E-state index < -0.39 is 5.97 Å². The van der Waals surface area contributed by atoms with Crippen molar-refractivity contribution < 1.29 is 14.6 Å². The normalized spacial score (nSPS) is 11.7. The number of carbonyl (C=O) groups is 1. The number of ether oxygens (including phenoxy) is 1. The Morgan fingerprint density at radius 1 is 0.909 bits per heavy atom. The lowest BCUT2D eigenvalue weighted by molar-refractivity contribution is 0.0697. The summed E-state index contributed by atoms with van der Waals surface area (Å²) in [5.74, 6) is 0.255. The molecule has 33 heavy (non-hydrogen) atoms. The second kappa shape index (κ2) is 10.4. The average molecular weight is 445 g/mol. The van der Waals surface area contributed by atoms with Crippen molar-refractivity contribution >= 4 is 23.0 Å². The molecule has 0 amide bonds. The van der Waals surface area contributed by atoms with Crippen LogP contribution >= 0.6 is 0 Å². The maximum Gasteiger partial charge on any atom is 0.337 e. The molecule has 0 spiro atoms. The molecule has 3 aromatic carbocycles. The Morgan fingerprint density at radius 3 is 2.36 bits per heavy atom. The molecule has 0 aromatic heterocycles. The molecule has 172 valence electrons. The molecule has 0 fully saturated rings. The smallest absolute Gasteiger partial charge is 0.337 e. The number of rotatable bonds is 10. The molecule has 3 aromatic rings. The van der Waals surface area contributed by atoms with Gasteiger partial charge in [0.2, 0.25) is 0 Å². The minimum atomic E-state index is -0.977. The molecule has 0 atom stereocenters. The van der Waals surface area contributed by atoms with Gasteiger partial charge in [-0.3, -0.25) is 0 Å². The van der Waals surface area contributed by atoms with Crippen molar-refractivity contribution in [2.75, 3.05) is 23.3 Å². The number of carboxylic acid groups (broad SMARTS) is 1. The van der Waals surface area contributed by atoms with Gasteiger partial charge in [0.15, 0.2) is 11.5 Å². The van der Waals surface area contributed by atoms with E-state index in [2.05, 4.69) is 60.5 Å². The van der Waals surface area contributed by atoms with Crippen LogP contribution in [0.1, 0.15) is 61.0 Å². The van der Waals surface area contributed by atoms with E-state index in [0.29, 0.717) is 17.2 Å². The summed E-state index contributed by atoms with van der Waals surface area (Å²) in [5, 5.41) is 12.8. The number of benzene rings is 3. The van der Waals surface area contributed by atoms with Crippen LogP contribution in [0, 0.1) is 0 Å². The number of unbranched alkanes of at least 4 members (excludes halogenated alkanes) is 2. The summed E-state index contributed by atoms with van der Waals surface area (Å²) in [4.78, 5) is 14.1. The van der Waals surface area contributed by atoms with Crippen molar-refractivity contribution in [3.63, 3.8) is 0 Å². The molecule has 5 nitrogen and oxygen atoms in total. The largest absolute Gasteiger partial charge is 0.478 e. The summed E-state index contributed by atoms with van der Waals surface area (Å²) in [5.41, 5.74) is 5.18. The fourth-order valence-electron chi connectivity index (χ4n) is 4.22. The van der Waals surface area contributed by atoms with Gasteiger partial charge in [-0.05, 0) is 66.8 Å². The molecule has 1 aliphatic heterocycles. The standard InChI is InChI=1S/C28H32N2O3/c1-3-5-15-30(16-6-4-2)22-10-7-9-20(18-22)17-21-13-14-25-24(19-21)29-27-23(28(31)32)11-8-12-26(27)33-25/h7-14,18-19,29H,3-6,15-17H2,1-2H3,(H,31,32). The third-order valence-electron chi connectivity index (χ3n) is 6.03. The lowest BCUT2D eigenvalue weighted by Crippen LogP contribution is -2.25. The molecule has 0 unspecified atom stereocenters. The van der Waals surface area contributed by atoms with Crippen molar-refractivity contribution in [3.05, 3.63) is 77.4 Å². The number of hydrogen-bond donors (Lipinski definition) is 2. The molecular formula is C28H32N2O3. The number of nitrogens with zero attached hydrogens (tertiary/aromatic N) is 1. The zero-order valence-corrected chi connectivity index (χ0v) is 19.4. The van der Waals surface area contributed by atoms with Gasteiger partial charge in [-0.15, -0.1) is 0 Å². The van der Waals surface area contributed by atoms with Crippen LogP contribution in [0.4, 0.5) is 17.1 Å². The van der Waals surface area contributed by atoms with Crippen molar-refractivity contribution in [1.29, 1.82) is 0 Å². The first kappa shape index (κ1) is 22.7. The van der Waals surface area contributed by atoms with E-state index in [9.17, 15) is 9.90 Å². The number of nitrogens with one attached hydrogen (secondary N) is 1. The van der Waals surface area contributed by atoms with Gasteiger partial charge < -0.3 is 20.1 Å². The highest BCUT2D eigenvalue weighted by Gasteiger charge is 2.22. The molecule has 0 aliphatic carbocycles. The van der Waals surface area contributed by atoms with Gasteiger partial charge in [-0.1, -0.05) is 51.0 Å². The highest BCUT2D eigenvalue weighted by Crippen LogP contribution is 2.44. The highest BCUT2D eigenvalue weighted by molar-refractivity contribution is 5.98. The zero-order valence-electron chi connectivity index (χ0n) is 19.4. The fraction of sp³-hybridized carbons (Fsp3) is 0.321. The summed E-state index contributed by atoms with van der Waals surface area (Å²) in [6, 6.07) is 20.0. The minimum Gasteiger partial charge on any atom is -0.478 e. The Labute approximate surface area is 196 Å². The predicted molar refractivity (Wildman–Crippen MR) is 134 cm³/mol. The molecule has 1 aliphatic rings. The van der Waals surface area contributed by atoms with Crippen LogP contribution in [-0.2, 0) is 6.42 Å². The Morgan fingerprint density at radius 2 is 1.64 bits per heavy atom. The maximum atomic E-state index is 11.6. The first-order valence-electron chi connectivity index (χ1n) is 11.9. The second-order valence-corrected chi connectivity index (χ2v) is 8.58. The number of fused-ring (bicyclic) bond motifs is 2. The van der Waals surface area contributed by atoms with Gasteiger partial charge in [0.05, 0.1) is 16.9 Å². The third kappa shape index (κ3) is 5.30. The number of para-hydroxylation sites is 1. The van der Waals surface area contributed by atoms with Gasteiger partial charge in [0.1, 0.15) is 0 Å². The monoisotopic (exact) mass is 444 g/mol. The van der Waals surface area contributed by atoms with E-state index in [1.54, 1.807) is 18.2 Å². The van der Waals surface area contributed by atoms with Crippen LogP contribution in [0.25, 0.3) is 0 Å². The Hall–Kier alpha value is -3.47. The van der Waals surface area contributed by atoms with Crippen molar-refractivity contribution in [3.8, 4) is 11.5 Å². The predicted octanol–water partition coefficient (Wildman–Crippen LogP) is 7.23. The zero-order chi connectivity index (χ0) is 23.2. The first-order chi connectivity index (χ1) is 16.1. The lowest BCUT2D eigenvalue weighted by Gasteiger charge is -2.25. The number of hydrogen-bond acceptors (Lipinski definition) is 4. The fourth-order valence-corrected chi connectivity index (χ4v) is 4.22. The number of carboxylic acids is 1. The average Bonchev–Trinajstić information content (AvgIpc) is 2.82. The highest BCUT2D eigenvalue weighted by atomic mass is 16.5. The van der Waals surface area contributed by atoms with Crippen molar-refractivity contribution in [1.82, 2.24) is 0 Å². The van der Waals surface area contributed by atoms with Gasteiger partial charge in [-0.25, -0.2) is 4.79 Å². The molecule has 5 heteroatoms. The van der Waals surface area contributed by atoms with E-state index in [4.69, 9.17) is 4.74 Å². The molecule has 0 saturated carbocycles. The van der Waals surface area contributed by atoms with Crippen LogP contribution in [0.2, 0.25) is 0 Å². The van der Waals surface area contributed by atoms with Gasteiger partial charge in [0.25, 0.3) is 0 Å². The lowest BCUT2D eigenvalue weighted by atomic mass is 10.0. The Kier molecular flexibility index (Phi) is 7.18. The molecule has 0 bridgehead atoms. The van der Waals surface area contributed by atoms with Crippen LogP contribution in [0.3, 0.4) is 0 Å². The van der Waals surface area contributed by atoms with Crippen LogP contribution in [0.15, 0.2) is 60.7 Å². The van der Waals surface area contributed by atoms with Gasteiger partial charge >= 0.3 is 5.97 Å². The second-order valence-electron chi connectivity index (χ2n) is 8.58. The summed E-state index contributed by atoms with van der Waals surface area (Å²) < 4.78 is 5.97. The quantitative estimate of drug-likeness (QED) is 0.270. The number of aromatic carboxylic acids is 1. The third-order valence-corrected chi connectivity index (χ3v) is 6.03. The van der Waals surface area contributed by atoms with E-state index >= 15 is 0 Å². The van der Waals surface area contributed by atoms with Crippen molar-refractivity contribution in [2.24, 2.45) is 0 Å². The van der Waals surface area contributed by atoms with Crippen LogP contribution < -0.4 is 15.0 Å². The maximum absolute atomic E-state index is 11.6. The molecule has 0 radical (unpaired) electrons. The minimum absolute atomic E-state index is 0.204.